The molecule has 0 radical (unpaired) electrons. The lowest BCUT2D eigenvalue weighted by Gasteiger charge is -2.22. The number of carboxylic acids is 1. The summed E-state index contributed by atoms with van der Waals surface area (Å²) in [4.78, 5) is 23.8. The van der Waals surface area contributed by atoms with E-state index in [1.807, 2.05) is 20.8 Å². The molecule has 0 atom stereocenters. The van der Waals surface area contributed by atoms with Crippen molar-refractivity contribution >= 4 is 11.9 Å². The topological polar surface area (TPSA) is 66.8 Å². The molecule has 0 fully saturated rings. The molecule has 0 saturated heterocycles. The van der Waals surface area contributed by atoms with Crippen LogP contribution in [0, 0.1) is 5.92 Å². The Kier molecular flexibility index (Phi) is 8.40. The van der Waals surface area contributed by atoms with Crippen molar-refractivity contribution in [1.29, 1.82) is 0 Å². The molecule has 1 N–H and O–H groups in total. The molecule has 0 aliphatic heterocycles. The van der Waals surface area contributed by atoms with Gasteiger partial charge in [0.1, 0.15) is 6.54 Å². The summed E-state index contributed by atoms with van der Waals surface area (Å²) in [6.45, 7) is 7.14. The first-order valence-corrected chi connectivity index (χ1v) is 6.04. The molecular formula is C12H23NO4. The molecule has 0 heterocycles. The van der Waals surface area contributed by atoms with Gasteiger partial charge in [0.15, 0.2) is 0 Å². The summed E-state index contributed by atoms with van der Waals surface area (Å²) in [5, 5.41) is 8.73. The van der Waals surface area contributed by atoms with Crippen molar-refractivity contribution < 1.29 is 19.4 Å². The smallest absolute Gasteiger partial charge is 0.323 e. The van der Waals surface area contributed by atoms with E-state index in [1.54, 1.807) is 0 Å². The van der Waals surface area contributed by atoms with E-state index in [0.717, 1.165) is 6.42 Å². The van der Waals surface area contributed by atoms with Gasteiger partial charge >= 0.3 is 5.97 Å². The molecule has 0 aromatic heterocycles. The van der Waals surface area contributed by atoms with Crippen molar-refractivity contribution in [3.8, 4) is 0 Å². The number of carboxylic acid groups (broad SMARTS) is 1. The van der Waals surface area contributed by atoms with Gasteiger partial charge in [-0.15, -0.1) is 0 Å². The molecule has 5 nitrogen and oxygen atoms in total. The van der Waals surface area contributed by atoms with Crippen LogP contribution in [0.15, 0.2) is 0 Å². The summed E-state index contributed by atoms with van der Waals surface area (Å²) in [6.07, 6.45) is 1.17. The largest absolute Gasteiger partial charge is 0.480 e. The standard InChI is InChI=1S/C12H23NO4/c1-4-6-17-7-5-11(14)13(8-10(2)3)9-12(15)16/h10H,4-9H2,1-3H3,(H,15,16). The fourth-order valence-corrected chi connectivity index (χ4v) is 1.42. The predicted molar refractivity (Wildman–Crippen MR) is 64.8 cm³/mol. The van der Waals surface area contributed by atoms with E-state index in [9.17, 15) is 9.59 Å². The van der Waals surface area contributed by atoms with Gasteiger partial charge in [0, 0.05) is 13.2 Å². The van der Waals surface area contributed by atoms with Crippen molar-refractivity contribution in [3.63, 3.8) is 0 Å². The van der Waals surface area contributed by atoms with Gasteiger partial charge in [0.25, 0.3) is 0 Å². The number of hydrogen-bond acceptors (Lipinski definition) is 3. The van der Waals surface area contributed by atoms with E-state index in [4.69, 9.17) is 9.84 Å². The number of nitrogens with zero attached hydrogens (tertiary/aromatic N) is 1. The summed E-state index contributed by atoms with van der Waals surface area (Å²) >= 11 is 0. The Morgan fingerprint density at radius 1 is 1.29 bits per heavy atom. The molecule has 17 heavy (non-hydrogen) atoms. The SMILES string of the molecule is CCCOCCC(=O)N(CC(=O)O)CC(C)C. The quantitative estimate of drug-likeness (QED) is 0.623. The molecule has 0 saturated carbocycles. The summed E-state index contributed by atoms with van der Waals surface area (Å²) < 4.78 is 5.22. The van der Waals surface area contributed by atoms with Gasteiger partial charge in [-0.25, -0.2) is 0 Å². The lowest BCUT2D eigenvalue weighted by atomic mass is 10.2. The molecule has 0 unspecified atom stereocenters. The van der Waals surface area contributed by atoms with Gasteiger partial charge in [-0.3, -0.25) is 9.59 Å². The van der Waals surface area contributed by atoms with Crippen molar-refractivity contribution in [2.45, 2.75) is 33.6 Å². The van der Waals surface area contributed by atoms with Gasteiger partial charge in [0.05, 0.1) is 13.0 Å². The Labute approximate surface area is 103 Å². The number of amides is 1. The van der Waals surface area contributed by atoms with E-state index in [2.05, 4.69) is 0 Å². The Morgan fingerprint density at radius 2 is 1.94 bits per heavy atom. The second kappa shape index (κ2) is 8.98. The van der Waals surface area contributed by atoms with Gasteiger partial charge in [-0.05, 0) is 12.3 Å². The van der Waals surface area contributed by atoms with Crippen molar-refractivity contribution in [1.82, 2.24) is 4.90 Å². The predicted octanol–water partition coefficient (Wildman–Crippen LogP) is 1.37. The number of carbonyl (C=O) groups excluding carboxylic acids is 1. The second-order valence-corrected chi connectivity index (χ2v) is 4.42. The van der Waals surface area contributed by atoms with Crippen LogP contribution in [-0.2, 0) is 14.3 Å². The van der Waals surface area contributed by atoms with E-state index in [1.165, 1.54) is 4.90 Å². The minimum Gasteiger partial charge on any atom is -0.480 e. The molecule has 1 amide bonds. The molecule has 0 aromatic rings. The van der Waals surface area contributed by atoms with Crippen molar-refractivity contribution in [2.75, 3.05) is 26.3 Å². The van der Waals surface area contributed by atoms with Gasteiger partial charge in [-0.2, -0.15) is 0 Å². The van der Waals surface area contributed by atoms with Crippen LogP contribution in [-0.4, -0.2) is 48.2 Å². The first kappa shape index (κ1) is 15.9. The lowest BCUT2D eigenvalue weighted by Crippen LogP contribution is -2.38. The molecule has 100 valence electrons. The number of carbonyl (C=O) groups is 2. The van der Waals surface area contributed by atoms with Crippen molar-refractivity contribution in [2.24, 2.45) is 5.92 Å². The third-order valence-electron chi connectivity index (χ3n) is 2.07. The molecule has 5 heteroatoms. The lowest BCUT2D eigenvalue weighted by molar-refractivity contribution is -0.145. The molecule has 0 rings (SSSR count). The average molecular weight is 245 g/mol. The summed E-state index contributed by atoms with van der Waals surface area (Å²) in [5.41, 5.74) is 0. The van der Waals surface area contributed by atoms with E-state index in [-0.39, 0.29) is 24.8 Å². The Balaban J connectivity index is 4.08. The van der Waals surface area contributed by atoms with Crippen LogP contribution in [0.3, 0.4) is 0 Å². The fraction of sp³-hybridized carbons (Fsp3) is 0.833. The minimum atomic E-state index is -0.978. The monoisotopic (exact) mass is 245 g/mol. The van der Waals surface area contributed by atoms with E-state index < -0.39 is 5.97 Å². The highest BCUT2D eigenvalue weighted by Crippen LogP contribution is 2.02. The van der Waals surface area contributed by atoms with Crippen LogP contribution in [0.4, 0.5) is 0 Å². The van der Waals surface area contributed by atoms with Gasteiger partial charge in [0.2, 0.25) is 5.91 Å². The average Bonchev–Trinajstić information content (AvgIpc) is 2.22. The molecular weight excluding hydrogens is 222 g/mol. The molecule has 0 aliphatic carbocycles. The Hall–Kier alpha value is -1.10. The highest BCUT2D eigenvalue weighted by atomic mass is 16.5. The summed E-state index contributed by atoms with van der Waals surface area (Å²) in [5.74, 6) is -0.875. The third-order valence-corrected chi connectivity index (χ3v) is 2.07. The zero-order valence-electron chi connectivity index (χ0n) is 10.9. The maximum Gasteiger partial charge on any atom is 0.323 e. The number of rotatable bonds is 9. The summed E-state index contributed by atoms with van der Waals surface area (Å²) in [6, 6.07) is 0. The first-order chi connectivity index (χ1) is 7.97. The zero-order valence-corrected chi connectivity index (χ0v) is 10.9. The minimum absolute atomic E-state index is 0.155. The fourth-order valence-electron chi connectivity index (χ4n) is 1.42. The maximum atomic E-state index is 11.8. The Bertz CT molecular complexity index is 241. The zero-order chi connectivity index (χ0) is 13.3. The van der Waals surface area contributed by atoms with E-state index in [0.29, 0.717) is 19.8 Å². The second-order valence-electron chi connectivity index (χ2n) is 4.42. The molecule has 0 aromatic carbocycles. The van der Waals surface area contributed by atoms with Gasteiger partial charge in [-0.1, -0.05) is 20.8 Å². The molecule has 0 spiro atoms. The summed E-state index contributed by atoms with van der Waals surface area (Å²) in [7, 11) is 0. The Morgan fingerprint density at radius 3 is 2.41 bits per heavy atom. The van der Waals surface area contributed by atoms with Crippen LogP contribution in [0.1, 0.15) is 33.6 Å². The maximum absolute atomic E-state index is 11.8. The number of ether oxygens (including phenoxy) is 1. The normalized spacial score (nSPS) is 10.6. The third kappa shape index (κ3) is 8.68. The highest BCUT2D eigenvalue weighted by Gasteiger charge is 2.17. The van der Waals surface area contributed by atoms with Crippen LogP contribution in [0.2, 0.25) is 0 Å². The van der Waals surface area contributed by atoms with E-state index >= 15 is 0 Å². The highest BCUT2D eigenvalue weighted by molar-refractivity contribution is 5.81. The molecule has 0 aliphatic rings. The van der Waals surface area contributed by atoms with Gasteiger partial charge < -0.3 is 14.7 Å². The van der Waals surface area contributed by atoms with Crippen LogP contribution in [0.25, 0.3) is 0 Å². The van der Waals surface area contributed by atoms with Crippen LogP contribution in [0.5, 0.6) is 0 Å². The number of aliphatic carboxylic acids is 1. The van der Waals surface area contributed by atoms with Crippen molar-refractivity contribution in [3.05, 3.63) is 0 Å². The number of hydrogen-bond donors (Lipinski definition) is 1. The molecule has 0 bridgehead atoms. The van der Waals surface area contributed by atoms with Crippen LogP contribution < -0.4 is 0 Å². The first-order valence-electron chi connectivity index (χ1n) is 6.04. The van der Waals surface area contributed by atoms with Crippen LogP contribution >= 0.6 is 0 Å².